The van der Waals surface area contributed by atoms with Gasteiger partial charge in [0.1, 0.15) is 0 Å². The highest BCUT2D eigenvalue weighted by Crippen LogP contribution is 2.22. The molecule has 2 aromatic heterocycles. The zero-order chi connectivity index (χ0) is 12.6. The average Bonchev–Trinajstić information content (AvgIpc) is 2.54. The smallest absolute Gasteiger partial charge is 0.169 e. The van der Waals surface area contributed by atoms with Gasteiger partial charge in [0.05, 0.1) is 11.4 Å². The molecule has 0 aliphatic rings. The van der Waals surface area contributed by atoms with Gasteiger partial charge in [-0.25, -0.2) is 13.8 Å². The van der Waals surface area contributed by atoms with Gasteiger partial charge in [-0.1, -0.05) is 0 Å². The van der Waals surface area contributed by atoms with E-state index in [2.05, 4.69) is 15.4 Å². The third-order valence-corrected chi connectivity index (χ3v) is 2.22. The fraction of sp³-hybridized carbons (Fsp3) is 0.200. The molecule has 2 aromatic rings. The third-order valence-electron chi connectivity index (χ3n) is 2.22. The molecule has 0 radical (unpaired) electrons. The lowest BCUT2D eigenvalue weighted by Gasteiger charge is -2.06. The monoisotopic (exact) mass is 239 g/mol. The minimum Gasteiger partial charge on any atom is -0.381 e. The van der Waals surface area contributed by atoms with Crippen LogP contribution < -0.4 is 11.1 Å². The van der Waals surface area contributed by atoms with Crippen molar-refractivity contribution in [2.45, 2.75) is 6.92 Å². The quantitative estimate of drug-likeness (QED) is 0.837. The van der Waals surface area contributed by atoms with Crippen LogP contribution >= 0.6 is 0 Å². The van der Waals surface area contributed by atoms with Crippen molar-refractivity contribution in [1.29, 1.82) is 0 Å². The van der Waals surface area contributed by atoms with Crippen LogP contribution in [0.25, 0.3) is 0 Å². The fourth-order valence-corrected chi connectivity index (χ4v) is 1.42. The second kappa shape index (κ2) is 4.00. The summed E-state index contributed by atoms with van der Waals surface area (Å²) in [7, 11) is 1.74. The normalized spacial score (nSPS) is 10.6. The number of halogens is 2. The lowest BCUT2D eigenvalue weighted by molar-refractivity contribution is 0.581. The summed E-state index contributed by atoms with van der Waals surface area (Å²) in [5.41, 5.74) is 6.54. The maximum Gasteiger partial charge on any atom is 0.169 e. The van der Waals surface area contributed by atoms with Crippen molar-refractivity contribution in [3.63, 3.8) is 0 Å². The number of aromatic nitrogens is 3. The Hall–Kier alpha value is -2.18. The van der Waals surface area contributed by atoms with Crippen LogP contribution in [0.5, 0.6) is 0 Å². The van der Waals surface area contributed by atoms with Gasteiger partial charge in [0.25, 0.3) is 0 Å². The van der Waals surface area contributed by atoms with Crippen LogP contribution in [0.3, 0.4) is 0 Å². The fourth-order valence-electron chi connectivity index (χ4n) is 1.42. The SMILES string of the molecule is Cc1nn(C)cc1Nc1nc(N)c(F)cc1F. The van der Waals surface area contributed by atoms with E-state index in [4.69, 9.17) is 5.73 Å². The largest absolute Gasteiger partial charge is 0.381 e. The number of hydrogen-bond donors (Lipinski definition) is 2. The summed E-state index contributed by atoms with van der Waals surface area (Å²) in [5, 5.41) is 6.79. The maximum absolute atomic E-state index is 13.4. The molecule has 0 bridgehead atoms. The van der Waals surface area contributed by atoms with Gasteiger partial charge in [-0.2, -0.15) is 5.10 Å². The molecular weight excluding hydrogens is 228 g/mol. The van der Waals surface area contributed by atoms with E-state index < -0.39 is 11.6 Å². The summed E-state index contributed by atoms with van der Waals surface area (Å²) in [4.78, 5) is 3.60. The van der Waals surface area contributed by atoms with Gasteiger partial charge in [0, 0.05) is 19.3 Å². The first-order chi connectivity index (χ1) is 7.97. The number of nitrogens with zero attached hydrogens (tertiary/aromatic N) is 3. The Morgan fingerprint density at radius 1 is 1.35 bits per heavy atom. The average molecular weight is 239 g/mol. The molecule has 0 spiro atoms. The highest BCUT2D eigenvalue weighted by molar-refractivity contribution is 5.59. The predicted octanol–water partition coefficient (Wildman–Crippen LogP) is 1.73. The summed E-state index contributed by atoms with van der Waals surface area (Å²) < 4.78 is 27.9. The molecule has 0 saturated heterocycles. The van der Waals surface area contributed by atoms with Crippen molar-refractivity contribution < 1.29 is 8.78 Å². The second-order valence-electron chi connectivity index (χ2n) is 3.61. The Kier molecular flexibility index (Phi) is 2.66. The molecule has 0 aromatic carbocycles. The van der Waals surface area contributed by atoms with Gasteiger partial charge in [0.2, 0.25) is 0 Å². The molecule has 7 heteroatoms. The van der Waals surface area contributed by atoms with Crippen molar-refractivity contribution >= 4 is 17.3 Å². The second-order valence-corrected chi connectivity index (χ2v) is 3.61. The third kappa shape index (κ3) is 2.17. The molecule has 5 nitrogen and oxygen atoms in total. The zero-order valence-corrected chi connectivity index (χ0v) is 9.33. The summed E-state index contributed by atoms with van der Waals surface area (Å²) in [6.07, 6.45) is 1.66. The number of pyridine rings is 1. The van der Waals surface area contributed by atoms with E-state index in [9.17, 15) is 8.78 Å². The van der Waals surface area contributed by atoms with Crippen molar-refractivity contribution in [3.05, 3.63) is 29.6 Å². The maximum atomic E-state index is 13.4. The minimum absolute atomic E-state index is 0.125. The van der Waals surface area contributed by atoms with E-state index in [-0.39, 0.29) is 11.6 Å². The summed E-state index contributed by atoms with van der Waals surface area (Å²) in [6, 6.07) is 0.691. The molecular formula is C10H11F2N5. The Balaban J connectivity index is 2.36. The first-order valence-corrected chi connectivity index (χ1v) is 4.86. The van der Waals surface area contributed by atoms with E-state index in [1.807, 2.05) is 0 Å². The van der Waals surface area contributed by atoms with E-state index >= 15 is 0 Å². The standard InChI is InChI=1S/C10H11F2N5/c1-5-8(4-17(2)16-5)14-10-7(12)3-6(11)9(13)15-10/h3-4H,1-2H3,(H3,13,14,15). The van der Waals surface area contributed by atoms with E-state index in [1.165, 1.54) is 0 Å². The van der Waals surface area contributed by atoms with Gasteiger partial charge in [-0.05, 0) is 6.92 Å². The van der Waals surface area contributed by atoms with E-state index in [0.717, 1.165) is 0 Å². The molecule has 0 fully saturated rings. The van der Waals surface area contributed by atoms with Gasteiger partial charge in [-0.3, -0.25) is 4.68 Å². The molecule has 2 rings (SSSR count). The molecule has 0 amide bonds. The Bertz CT molecular complexity index is 564. The number of aryl methyl sites for hydroxylation is 2. The topological polar surface area (TPSA) is 68.8 Å². The first kappa shape index (κ1) is 11.3. The molecule has 0 unspecified atom stereocenters. The van der Waals surface area contributed by atoms with Gasteiger partial charge in [0.15, 0.2) is 23.3 Å². The molecule has 3 N–H and O–H groups in total. The summed E-state index contributed by atoms with van der Waals surface area (Å²) >= 11 is 0. The van der Waals surface area contributed by atoms with Gasteiger partial charge >= 0.3 is 0 Å². The Morgan fingerprint density at radius 3 is 2.65 bits per heavy atom. The van der Waals surface area contributed by atoms with Crippen LogP contribution in [0.2, 0.25) is 0 Å². The number of rotatable bonds is 2. The van der Waals surface area contributed by atoms with Crippen LogP contribution in [0.1, 0.15) is 5.69 Å². The highest BCUT2D eigenvalue weighted by atomic mass is 19.1. The molecule has 0 aliphatic heterocycles. The number of hydrogen-bond acceptors (Lipinski definition) is 4. The van der Waals surface area contributed by atoms with E-state index in [1.54, 1.807) is 24.9 Å². The van der Waals surface area contributed by atoms with Crippen molar-refractivity contribution in [3.8, 4) is 0 Å². The lowest BCUT2D eigenvalue weighted by atomic mass is 10.3. The van der Waals surface area contributed by atoms with Crippen LogP contribution in [-0.2, 0) is 7.05 Å². The van der Waals surface area contributed by atoms with Gasteiger partial charge < -0.3 is 11.1 Å². The number of nitrogen functional groups attached to an aromatic ring is 1. The van der Waals surface area contributed by atoms with Crippen molar-refractivity contribution in [2.24, 2.45) is 7.05 Å². The molecule has 17 heavy (non-hydrogen) atoms. The first-order valence-electron chi connectivity index (χ1n) is 4.86. The molecule has 0 atom stereocenters. The minimum atomic E-state index is -0.879. The summed E-state index contributed by atoms with van der Waals surface area (Å²) in [6.45, 7) is 1.76. The van der Waals surface area contributed by atoms with Gasteiger partial charge in [-0.15, -0.1) is 0 Å². The van der Waals surface area contributed by atoms with Crippen LogP contribution in [-0.4, -0.2) is 14.8 Å². The molecule has 0 saturated carbocycles. The molecule has 2 heterocycles. The van der Waals surface area contributed by atoms with Crippen LogP contribution in [0.15, 0.2) is 12.3 Å². The number of nitrogens with two attached hydrogens (primary N) is 1. The van der Waals surface area contributed by atoms with E-state index in [0.29, 0.717) is 17.4 Å². The Morgan fingerprint density at radius 2 is 2.06 bits per heavy atom. The summed E-state index contributed by atoms with van der Waals surface area (Å²) in [5.74, 6) is -2.16. The van der Waals surface area contributed by atoms with Crippen molar-refractivity contribution in [1.82, 2.24) is 14.8 Å². The van der Waals surface area contributed by atoms with Crippen LogP contribution in [0.4, 0.5) is 26.1 Å². The lowest BCUT2D eigenvalue weighted by Crippen LogP contribution is -2.03. The molecule has 90 valence electrons. The van der Waals surface area contributed by atoms with Crippen molar-refractivity contribution in [2.75, 3.05) is 11.1 Å². The molecule has 0 aliphatic carbocycles. The number of nitrogens with one attached hydrogen (secondary N) is 1. The Labute approximate surface area is 96.3 Å². The zero-order valence-electron chi connectivity index (χ0n) is 9.33. The highest BCUT2D eigenvalue weighted by Gasteiger charge is 2.11. The van der Waals surface area contributed by atoms with Crippen LogP contribution in [0, 0.1) is 18.6 Å². The number of anilines is 3. The predicted molar refractivity (Wildman–Crippen MR) is 59.8 cm³/mol.